The summed E-state index contributed by atoms with van der Waals surface area (Å²) in [6.07, 6.45) is -1.30. The van der Waals surface area contributed by atoms with Crippen molar-refractivity contribution in [2.24, 2.45) is 0 Å². The van der Waals surface area contributed by atoms with Crippen LogP contribution in [0.3, 0.4) is 0 Å². The third-order valence-corrected chi connectivity index (χ3v) is 5.27. The molecule has 0 fully saturated rings. The monoisotopic (exact) mass is 454 g/mol. The number of hydrogen-bond acceptors (Lipinski definition) is 5. The fourth-order valence-corrected chi connectivity index (χ4v) is 3.69. The van der Waals surface area contributed by atoms with Crippen LogP contribution in [0, 0.1) is 0 Å². The number of rotatable bonds is 5. The number of carbonyl (C=O) groups excluding carboxylic acids is 1. The van der Waals surface area contributed by atoms with Crippen LogP contribution in [0.25, 0.3) is 22.2 Å². The first-order valence-corrected chi connectivity index (χ1v) is 10.2. The van der Waals surface area contributed by atoms with Gasteiger partial charge in [0.15, 0.2) is 5.78 Å². The van der Waals surface area contributed by atoms with Crippen molar-refractivity contribution >= 4 is 22.6 Å². The Balaban J connectivity index is 1.68. The molecule has 2 aromatic carbocycles. The van der Waals surface area contributed by atoms with Gasteiger partial charge in [0.1, 0.15) is 29.3 Å². The highest BCUT2D eigenvalue weighted by Crippen LogP contribution is 2.37. The number of nitrogens with two attached hydrogens (primary N) is 1. The number of nitrogens with zero attached hydrogens (tertiary/aromatic N) is 3. The van der Waals surface area contributed by atoms with E-state index in [1.807, 2.05) is 24.6 Å². The molecule has 4 aromatic rings. The van der Waals surface area contributed by atoms with Crippen LogP contribution in [0.4, 0.5) is 19.0 Å². The maximum Gasteiger partial charge on any atom is 0.417 e. The number of aromatic nitrogens is 3. The molecule has 0 saturated heterocycles. The zero-order valence-corrected chi connectivity index (χ0v) is 18.1. The Morgan fingerprint density at radius 1 is 1.06 bits per heavy atom. The minimum Gasteiger partial charge on any atom is -0.457 e. The van der Waals surface area contributed by atoms with Gasteiger partial charge in [0, 0.05) is 23.4 Å². The van der Waals surface area contributed by atoms with Gasteiger partial charge in [-0.15, -0.1) is 0 Å². The molecule has 2 aromatic heterocycles. The van der Waals surface area contributed by atoms with Crippen molar-refractivity contribution in [2.75, 3.05) is 5.73 Å². The summed E-state index contributed by atoms with van der Waals surface area (Å²) < 4.78 is 47.7. The van der Waals surface area contributed by atoms with Crippen LogP contribution >= 0.6 is 0 Å². The molecule has 4 rings (SSSR count). The molecule has 2 heterocycles. The minimum absolute atomic E-state index is 0.0193. The van der Waals surface area contributed by atoms with Crippen LogP contribution in [0.15, 0.2) is 55.0 Å². The Hall–Kier alpha value is -3.88. The summed E-state index contributed by atoms with van der Waals surface area (Å²) in [6.45, 7) is 5.16. The SMILES string of the molecule is CC(=O)c1ccc(Oc2ccc(-c3cn(C(C)C)c4ncnc(N)c34)cc2)cc1C(F)(F)F. The molecule has 0 unspecified atom stereocenters. The van der Waals surface area contributed by atoms with E-state index in [0.29, 0.717) is 11.6 Å². The third kappa shape index (κ3) is 4.26. The molecule has 0 amide bonds. The number of fused-ring (bicyclic) bond motifs is 1. The number of ketones is 1. The summed E-state index contributed by atoms with van der Waals surface area (Å²) in [5, 5.41) is 0.731. The van der Waals surface area contributed by atoms with Gasteiger partial charge in [-0.3, -0.25) is 4.79 Å². The van der Waals surface area contributed by atoms with Gasteiger partial charge in [-0.05, 0) is 56.7 Å². The van der Waals surface area contributed by atoms with Crippen molar-refractivity contribution in [3.63, 3.8) is 0 Å². The highest BCUT2D eigenvalue weighted by atomic mass is 19.4. The zero-order valence-electron chi connectivity index (χ0n) is 18.1. The van der Waals surface area contributed by atoms with Crippen LogP contribution in [0.5, 0.6) is 11.5 Å². The molecular weight excluding hydrogens is 433 g/mol. The van der Waals surface area contributed by atoms with Gasteiger partial charge in [0.25, 0.3) is 0 Å². The second-order valence-corrected chi connectivity index (χ2v) is 7.89. The molecule has 0 aliphatic rings. The lowest BCUT2D eigenvalue weighted by Crippen LogP contribution is -2.11. The van der Waals surface area contributed by atoms with E-state index in [4.69, 9.17) is 10.5 Å². The van der Waals surface area contributed by atoms with Gasteiger partial charge in [0.05, 0.1) is 10.9 Å². The summed E-state index contributed by atoms with van der Waals surface area (Å²) in [7, 11) is 0. The number of hydrogen-bond donors (Lipinski definition) is 1. The zero-order chi connectivity index (χ0) is 23.9. The summed E-state index contributed by atoms with van der Waals surface area (Å²) in [4.78, 5) is 20.0. The summed E-state index contributed by atoms with van der Waals surface area (Å²) in [5.74, 6) is 0.0235. The summed E-state index contributed by atoms with van der Waals surface area (Å²) >= 11 is 0. The first-order valence-electron chi connectivity index (χ1n) is 10.2. The Morgan fingerprint density at radius 3 is 2.33 bits per heavy atom. The molecule has 170 valence electrons. The van der Waals surface area contributed by atoms with Crippen molar-refractivity contribution in [1.82, 2.24) is 14.5 Å². The lowest BCUT2D eigenvalue weighted by molar-refractivity contribution is -0.138. The van der Waals surface area contributed by atoms with Gasteiger partial charge in [-0.2, -0.15) is 13.2 Å². The number of anilines is 1. The Bertz CT molecular complexity index is 1340. The number of Topliss-reactive ketones (excluding diaryl/α,β-unsaturated/α-hetero) is 1. The van der Waals surface area contributed by atoms with Gasteiger partial charge < -0.3 is 15.0 Å². The number of halogens is 3. The molecule has 0 bridgehead atoms. The first-order chi connectivity index (χ1) is 15.6. The second kappa shape index (κ2) is 8.23. The smallest absolute Gasteiger partial charge is 0.417 e. The fraction of sp³-hybridized carbons (Fsp3) is 0.208. The third-order valence-electron chi connectivity index (χ3n) is 5.27. The van der Waals surface area contributed by atoms with Crippen molar-refractivity contribution in [3.8, 4) is 22.6 Å². The van der Waals surface area contributed by atoms with Gasteiger partial charge in [-0.25, -0.2) is 9.97 Å². The van der Waals surface area contributed by atoms with E-state index in [1.165, 1.54) is 12.4 Å². The molecule has 33 heavy (non-hydrogen) atoms. The number of carbonyl (C=O) groups is 1. The molecule has 0 saturated carbocycles. The minimum atomic E-state index is -4.67. The van der Waals surface area contributed by atoms with Crippen LogP contribution < -0.4 is 10.5 Å². The quantitative estimate of drug-likeness (QED) is 0.359. The largest absolute Gasteiger partial charge is 0.457 e. The average molecular weight is 454 g/mol. The molecule has 2 N–H and O–H groups in total. The van der Waals surface area contributed by atoms with Crippen molar-refractivity contribution in [1.29, 1.82) is 0 Å². The molecule has 0 spiro atoms. The Kier molecular flexibility index (Phi) is 5.57. The number of alkyl halides is 3. The Labute approximate surface area is 187 Å². The predicted molar refractivity (Wildman–Crippen MR) is 119 cm³/mol. The van der Waals surface area contributed by atoms with E-state index in [2.05, 4.69) is 9.97 Å². The highest BCUT2D eigenvalue weighted by Gasteiger charge is 2.35. The second-order valence-electron chi connectivity index (χ2n) is 7.89. The summed E-state index contributed by atoms with van der Waals surface area (Å²) in [5.41, 5.74) is 7.09. The molecule has 6 nitrogen and oxygen atoms in total. The molecule has 0 aliphatic carbocycles. The van der Waals surface area contributed by atoms with E-state index >= 15 is 0 Å². The van der Waals surface area contributed by atoms with Crippen molar-refractivity contribution < 1.29 is 22.7 Å². The summed E-state index contributed by atoms with van der Waals surface area (Å²) in [6, 6.07) is 10.3. The van der Waals surface area contributed by atoms with Crippen molar-refractivity contribution in [2.45, 2.75) is 33.0 Å². The van der Waals surface area contributed by atoms with E-state index in [0.717, 1.165) is 41.2 Å². The molecule has 0 radical (unpaired) electrons. The first kappa shape index (κ1) is 22.3. The molecule has 0 atom stereocenters. The van der Waals surface area contributed by atoms with Crippen LogP contribution in [0.2, 0.25) is 0 Å². The van der Waals surface area contributed by atoms with E-state index in [1.54, 1.807) is 24.3 Å². The van der Waals surface area contributed by atoms with Crippen LogP contribution in [-0.4, -0.2) is 20.3 Å². The molecular formula is C24H21F3N4O2. The van der Waals surface area contributed by atoms with Crippen LogP contribution in [-0.2, 0) is 6.18 Å². The normalized spacial score (nSPS) is 11.8. The topological polar surface area (TPSA) is 83.0 Å². The number of nitrogen functional groups attached to an aromatic ring is 1. The highest BCUT2D eigenvalue weighted by molar-refractivity contribution is 6.00. The average Bonchev–Trinajstić information content (AvgIpc) is 3.15. The van der Waals surface area contributed by atoms with E-state index in [9.17, 15) is 18.0 Å². The lowest BCUT2D eigenvalue weighted by atomic mass is 10.0. The fourth-order valence-electron chi connectivity index (χ4n) is 3.69. The van der Waals surface area contributed by atoms with E-state index < -0.39 is 23.1 Å². The van der Waals surface area contributed by atoms with E-state index in [-0.39, 0.29) is 11.8 Å². The van der Waals surface area contributed by atoms with Gasteiger partial charge in [0.2, 0.25) is 0 Å². The molecule has 9 heteroatoms. The standard InChI is InChI=1S/C24H21F3N4O2/c1-13(2)31-11-19(21-22(28)29-12-30-23(21)31)15-4-6-16(7-5-15)33-17-8-9-18(14(3)32)20(10-17)24(25,26)27/h4-13H,1-3H3,(H2,28,29,30). The maximum absolute atomic E-state index is 13.4. The number of benzene rings is 2. The maximum atomic E-state index is 13.4. The Morgan fingerprint density at radius 2 is 1.73 bits per heavy atom. The van der Waals surface area contributed by atoms with Crippen LogP contribution in [0.1, 0.15) is 42.7 Å². The van der Waals surface area contributed by atoms with Gasteiger partial charge in [-0.1, -0.05) is 12.1 Å². The van der Waals surface area contributed by atoms with Gasteiger partial charge >= 0.3 is 6.18 Å². The number of ether oxygens (including phenoxy) is 1. The predicted octanol–water partition coefficient (Wildman–Crippen LogP) is 6.28. The lowest BCUT2D eigenvalue weighted by Gasteiger charge is -2.13. The van der Waals surface area contributed by atoms with Crippen molar-refractivity contribution in [3.05, 3.63) is 66.1 Å². The molecule has 0 aliphatic heterocycles.